The van der Waals surface area contributed by atoms with E-state index in [1.807, 2.05) is 12.1 Å². The number of aromatic carboxylic acids is 1. The SMILES string of the molecule is O=C(O)c1ccc(CN2CCC(C(=O)Nc3ccc(F)cc3)CC2)cc1. The van der Waals surface area contributed by atoms with Crippen molar-refractivity contribution in [3.8, 4) is 0 Å². The highest BCUT2D eigenvalue weighted by molar-refractivity contribution is 5.92. The second-order valence-electron chi connectivity index (χ2n) is 6.55. The van der Waals surface area contributed by atoms with Crippen LogP contribution >= 0.6 is 0 Å². The number of hydrogen-bond donors (Lipinski definition) is 2. The van der Waals surface area contributed by atoms with E-state index >= 15 is 0 Å². The Balaban J connectivity index is 1.48. The summed E-state index contributed by atoms with van der Waals surface area (Å²) in [6, 6.07) is 12.7. The zero-order valence-electron chi connectivity index (χ0n) is 14.3. The van der Waals surface area contributed by atoms with Gasteiger partial charge in [-0.05, 0) is 67.9 Å². The molecular weight excluding hydrogens is 335 g/mol. The van der Waals surface area contributed by atoms with Crippen LogP contribution in [0.5, 0.6) is 0 Å². The summed E-state index contributed by atoms with van der Waals surface area (Å²) < 4.78 is 12.9. The average Bonchev–Trinajstić information content (AvgIpc) is 2.64. The maximum Gasteiger partial charge on any atom is 0.335 e. The van der Waals surface area contributed by atoms with Gasteiger partial charge in [0.1, 0.15) is 5.82 Å². The average molecular weight is 356 g/mol. The second-order valence-corrected chi connectivity index (χ2v) is 6.55. The summed E-state index contributed by atoms with van der Waals surface area (Å²) >= 11 is 0. The molecule has 2 aromatic rings. The van der Waals surface area contributed by atoms with E-state index in [-0.39, 0.29) is 23.2 Å². The van der Waals surface area contributed by atoms with Gasteiger partial charge in [-0.2, -0.15) is 0 Å². The Labute approximate surface area is 151 Å². The molecule has 1 fully saturated rings. The predicted molar refractivity (Wildman–Crippen MR) is 96.4 cm³/mol. The van der Waals surface area contributed by atoms with Gasteiger partial charge in [0.2, 0.25) is 5.91 Å². The maximum absolute atomic E-state index is 12.9. The summed E-state index contributed by atoms with van der Waals surface area (Å²) in [5.41, 5.74) is 1.95. The number of halogens is 1. The van der Waals surface area contributed by atoms with Crippen LogP contribution < -0.4 is 5.32 Å². The number of carbonyl (C=O) groups is 2. The van der Waals surface area contributed by atoms with Gasteiger partial charge in [-0.3, -0.25) is 9.69 Å². The second kappa shape index (κ2) is 8.10. The lowest BCUT2D eigenvalue weighted by molar-refractivity contribution is -0.121. The van der Waals surface area contributed by atoms with Crippen molar-refractivity contribution >= 4 is 17.6 Å². The van der Waals surface area contributed by atoms with Crippen molar-refractivity contribution in [3.63, 3.8) is 0 Å². The third kappa shape index (κ3) is 4.67. The van der Waals surface area contributed by atoms with Gasteiger partial charge in [-0.1, -0.05) is 12.1 Å². The molecule has 6 heteroatoms. The van der Waals surface area contributed by atoms with Crippen molar-refractivity contribution in [1.82, 2.24) is 4.90 Å². The third-order valence-corrected chi connectivity index (χ3v) is 4.68. The zero-order chi connectivity index (χ0) is 18.5. The predicted octanol–water partition coefficient (Wildman–Crippen LogP) is 3.37. The van der Waals surface area contributed by atoms with Crippen LogP contribution in [0, 0.1) is 11.7 Å². The molecule has 1 amide bonds. The van der Waals surface area contributed by atoms with Crippen molar-refractivity contribution in [2.75, 3.05) is 18.4 Å². The number of anilines is 1. The number of carbonyl (C=O) groups excluding carboxylic acids is 1. The largest absolute Gasteiger partial charge is 0.478 e. The van der Waals surface area contributed by atoms with Crippen LogP contribution in [0.1, 0.15) is 28.8 Å². The van der Waals surface area contributed by atoms with E-state index in [4.69, 9.17) is 5.11 Å². The monoisotopic (exact) mass is 356 g/mol. The first-order chi connectivity index (χ1) is 12.5. The summed E-state index contributed by atoms with van der Waals surface area (Å²) in [5, 5.41) is 11.8. The molecule has 3 rings (SSSR count). The molecule has 0 aromatic heterocycles. The first-order valence-electron chi connectivity index (χ1n) is 8.62. The van der Waals surface area contributed by atoms with Crippen LogP contribution in [-0.4, -0.2) is 35.0 Å². The van der Waals surface area contributed by atoms with E-state index in [1.54, 1.807) is 24.3 Å². The lowest BCUT2D eigenvalue weighted by Gasteiger charge is -2.31. The summed E-state index contributed by atoms with van der Waals surface area (Å²) in [5.74, 6) is -1.33. The third-order valence-electron chi connectivity index (χ3n) is 4.68. The van der Waals surface area contributed by atoms with Crippen LogP contribution in [0.2, 0.25) is 0 Å². The quantitative estimate of drug-likeness (QED) is 0.862. The Morgan fingerprint density at radius 3 is 2.23 bits per heavy atom. The first-order valence-corrected chi connectivity index (χ1v) is 8.62. The van der Waals surface area contributed by atoms with Crippen LogP contribution in [0.25, 0.3) is 0 Å². The number of benzene rings is 2. The molecule has 0 saturated carbocycles. The van der Waals surface area contributed by atoms with Gasteiger partial charge in [0.05, 0.1) is 5.56 Å². The molecule has 136 valence electrons. The van der Waals surface area contributed by atoms with Gasteiger partial charge < -0.3 is 10.4 Å². The van der Waals surface area contributed by atoms with Crippen molar-refractivity contribution in [3.05, 3.63) is 65.5 Å². The number of nitrogens with zero attached hydrogens (tertiary/aromatic N) is 1. The van der Waals surface area contributed by atoms with Gasteiger partial charge in [-0.25, -0.2) is 9.18 Å². The van der Waals surface area contributed by atoms with E-state index in [0.29, 0.717) is 5.69 Å². The Morgan fingerprint density at radius 2 is 1.65 bits per heavy atom. The van der Waals surface area contributed by atoms with Crippen LogP contribution in [0.4, 0.5) is 10.1 Å². The number of carboxylic acids is 1. The number of nitrogens with one attached hydrogen (secondary N) is 1. The van der Waals surface area contributed by atoms with Crippen LogP contribution in [0.3, 0.4) is 0 Å². The highest BCUT2D eigenvalue weighted by Crippen LogP contribution is 2.21. The standard InChI is InChI=1S/C20H21FN2O3/c21-17-5-7-18(8-6-17)22-19(24)15-9-11-23(12-10-15)13-14-1-3-16(4-2-14)20(25)26/h1-8,15H,9-13H2,(H,22,24)(H,25,26). The van der Waals surface area contributed by atoms with E-state index in [9.17, 15) is 14.0 Å². The van der Waals surface area contributed by atoms with E-state index in [1.165, 1.54) is 12.1 Å². The zero-order valence-corrected chi connectivity index (χ0v) is 14.3. The smallest absolute Gasteiger partial charge is 0.335 e. The van der Waals surface area contributed by atoms with Gasteiger partial charge in [-0.15, -0.1) is 0 Å². The number of piperidine rings is 1. The topological polar surface area (TPSA) is 69.6 Å². The minimum Gasteiger partial charge on any atom is -0.478 e. The van der Waals surface area contributed by atoms with Gasteiger partial charge in [0.15, 0.2) is 0 Å². The van der Waals surface area contributed by atoms with E-state index in [2.05, 4.69) is 10.2 Å². The molecule has 26 heavy (non-hydrogen) atoms. The van der Waals surface area contributed by atoms with Crippen molar-refractivity contribution in [2.24, 2.45) is 5.92 Å². The normalized spacial score (nSPS) is 15.6. The molecule has 1 aliphatic rings. The fourth-order valence-corrected chi connectivity index (χ4v) is 3.14. The molecule has 0 radical (unpaired) electrons. The molecule has 0 spiro atoms. The Kier molecular flexibility index (Phi) is 5.63. The van der Waals surface area contributed by atoms with Crippen molar-refractivity contribution in [2.45, 2.75) is 19.4 Å². The van der Waals surface area contributed by atoms with Gasteiger partial charge >= 0.3 is 5.97 Å². The minimum atomic E-state index is -0.926. The van der Waals surface area contributed by atoms with Crippen molar-refractivity contribution in [1.29, 1.82) is 0 Å². The molecule has 0 atom stereocenters. The number of likely N-dealkylation sites (tertiary alicyclic amines) is 1. The summed E-state index contributed by atoms with van der Waals surface area (Å²) in [6.45, 7) is 2.36. The number of carboxylic acid groups (broad SMARTS) is 1. The molecular formula is C20H21FN2O3. The van der Waals surface area contributed by atoms with E-state index < -0.39 is 5.97 Å². The summed E-state index contributed by atoms with van der Waals surface area (Å²) in [7, 11) is 0. The molecule has 1 aliphatic heterocycles. The molecule has 0 aliphatic carbocycles. The Hall–Kier alpha value is -2.73. The van der Waals surface area contributed by atoms with Crippen LogP contribution in [0.15, 0.2) is 48.5 Å². The minimum absolute atomic E-state index is 0.0259. The number of hydrogen-bond acceptors (Lipinski definition) is 3. The Bertz CT molecular complexity index is 767. The molecule has 1 saturated heterocycles. The fourth-order valence-electron chi connectivity index (χ4n) is 3.14. The highest BCUT2D eigenvalue weighted by atomic mass is 19.1. The molecule has 0 unspecified atom stereocenters. The van der Waals surface area contributed by atoms with E-state index in [0.717, 1.165) is 38.0 Å². The molecule has 0 bridgehead atoms. The molecule has 2 aromatic carbocycles. The molecule has 5 nitrogen and oxygen atoms in total. The van der Waals surface area contributed by atoms with Crippen LogP contribution in [-0.2, 0) is 11.3 Å². The lowest BCUT2D eigenvalue weighted by atomic mass is 9.95. The highest BCUT2D eigenvalue weighted by Gasteiger charge is 2.25. The number of amides is 1. The van der Waals surface area contributed by atoms with Gasteiger partial charge in [0.25, 0.3) is 0 Å². The lowest BCUT2D eigenvalue weighted by Crippen LogP contribution is -2.37. The van der Waals surface area contributed by atoms with Gasteiger partial charge in [0, 0.05) is 18.2 Å². The Morgan fingerprint density at radius 1 is 1.04 bits per heavy atom. The molecule has 2 N–H and O–H groups in total. The summed E-state index contributed by atoms with van der Waals surface area (Å²) in [6.07, 6.45) is 1.53. The molecule has 1 heterocycles. The maximum atomic E-state index is 12.9. The fraction of sp³-hybridized carbons (Fsp3) is 0.300. The number of rotatable bonds is 5. The first kappa shape index (κ1) is 18.1. The van der Waals surface area contributed by atoms with Crippen molar-refractivity contribution < 1.29 is 19.1 Å². The summed E-state index contributed by atoms with van der Waals surface area (Å²) in [4.78, 5) is 25.5.